The van der Waals surface area contributed by atoms with E-state index in [9.17, 15) is 18.0 Å². The van der Waals surface area contributed by atoms with Gasteiger partial charge in [0.15, 0.2) is 0 Å². The lowest BCUT2D eigenvalue weighted by Crippen LogP contribution is -2.23. The summed E-state index contributed by atoms with van der Waals surface area (Å²) in [5, 5.41) is 5.39. The van der Waals surface area contributed by atoms with Gasteiger partial charge in [-0.15, -0.1) is 0 Å². The molecule has 0 saturated carbocycles. The Hall–Kier alpha value is -3.45. The molecule has 6 nitrogen and oxygen atoms in total. The van der Waals surface area contributed by atoms with Gasteiger partial charge in [-0.2, -0.15) is 0 Å². The van der Waals surface area contributed by atoms with Gasteiger partial charge in [0, 0.05) is 12.1 Å². The highest BCUT2D eigenvalue weighted by molar-refractivity contribution is 7.91. The predicted molar refractivity (Wildman–Crippen MR) is 104 cm³/mol. The largest absolute Gasteiger partial charge is 0.348 e. The lowest BCUT2D eigenvalue weighted by atomic mass is 10.1. The monoisotopic (exact) mass is 392 g/mol. The SMILES string of the molecule is O=C(NCc1ccccc1)c1ccc2c(c1)NC(=O)c1ccccc1S2(=O)=O. The van der Waals surface area contributed by atoms with Crippen LogP contribution in [0.5, 0.6) is 0 Å². The van der Waals surface area contributed by atoms with E-state index in [0.29, 0.717) is 6.54 Å². The zero-order valence-corrected chi connectivity index (χ0v) is 15.5. The summed E-state index contributed by atoms with van der Waals surface area (Å²) in [6.07, 6.45) is 0. The molecule has 0 bridgehead atoms. The van der Waals surface area contributed by atoms with Gasteiger partial charge in [0.1, 0.15) is 0 Å². The number of carbonyl (C=O) groups is 2. The summed E-state index contributed by atoms with van der Waals surface area (Å²) in [7, 11) is -3.88. The van der Waals surface area contributed by atoms with Crippen molar-refractivity contribution in [1.82, 2.24) is 5.32 Å². The smallest absolute Gasteiger partial charge is 0.257 e. The van der Waals surface area contributed by atoms with Crippen LogP contribution in [0.2, 0.25) is 0 Å². The van der Waals surface area contributed by atoms with Gasteiger partial charge in [-0.05, 0) is 35.9 Å². The van der Waals surface area contributed by atoms with Crippen LogP contribution < -0.4 is 10.6 Å². The van der Waals surface area contributed by atoms with Crippen molar-refractivity contribution < 1.29 is 18.0 Å². The molecule has 2 amide bonds. The van der Waals surface area contributed by atoms with Crippen LogP contribution in [0.1, 0.15) is 26.3 Å². The van der Waals surface area contributed by atoms with Crippen molar-refractivity contribution in [2.24, 2.45) is 0 Å². The second-order valence-electron chi connectivity index (χ2n) is 6.33. The fraction of sp³-hybridized carbons (Fsp3) is 0.0476. The molecule has 0 unspecified atom stereocenters. The molecule has 0 spiro atoms. The van der Waals surface area contributed by atoms with Crippen molar-refractivity contribution in [3.8, 4) is 0 Å². The van der Waals surface area contributed by atoms with E-state index >= 15 is 0 Å². The maximum absolute atomic E-state index is 13.0. The number of benzene rings is 3. The first-order valence-corrected chi connectivity index (χ1v) is 10.1. The summed E-state index contributed by atoms with van der Waals surface area (Å²) < 4.78 is 25.9. The van der Waals surface area contributed by atoms with E-state index in [0.717, 1.165) is 5.56 Å². The molecule has 1 heterocycles. The maximum Gasteiger partial charge on any atom is 0.257 e. The molecule has 1 aliphatic rings. The van der Waals surface area contributed by atoms with E-state index in [1.54, 1.807) is 12.1 Å². The third-order valence-electron chi connectivity index (χ3n) is 4.50. The third-order valence-corrected chi connectivity index (χ3v) is 6.37. The molecular formula is C21H16N2O4S. The van der Waals surface area contributed by atoms with Crippen LogP contribution in [0, 0.1) is 0 Å². The fourth-order valence-corrected chi connectivity index (χ4v) is 4.67. The van der Waals surface area contributed by atoms with Crippen molar-refractivity contribution in [1.29, 1.82) is 0 Å². The average Bonchev–Trinajstić information content (AvgIpc) is 2.80. The standard InChI is InChI=1S/C21H16N2O4S/c24-20(22-13-14-6-2-1-3-7-14)15-10-11-19-17(12-15)23-21(25)16-8-4-5-9-18(16)28(19,26)27/h1-12H,13H2,(H,22,24)(H,23,25). The van der Waals surface area contributed by atoms with E-state index in [1.165, 1.54) is 30.3 Å². The number of amides is 2. The van der Waals surface area contributed by atoms with Crippen molar-refractivity contribution in [3.05, 3.63) is 89.5 Å². The molecule has 3 aromatic rings. The Balaban J connectivity index is 1.67. The summed E-state index contributed by atoms with van der Waals surface area (Å²) in [5.41, 5.74) is 1.37. The van der Waals surface area contributed by atoms with Gasteiger partial charge in [0.2, 0.25) is 9.84 Å². The normalized spacial score (nSPS) is 14.2. The van der Waals surface area contributed by atoms with Gasteiger partial charge < -0.3 is 10.6 Å². The molecule has 0 aliphatic carbocycles. The number of sulfone groups is 1. The van der Waals surface area contributed by atoms with Gasteiger partial charge in [-0.25, -0.2) is 8.42 Å². The van der Waals surface area contributed by atoms with Crippen LogP contribution in [-0.2, 0) is 16.4 Å². The molecule has 2 N–H and O–H groups in total. The predicted octanol–water partition coefficient (Wildman–Crippen LogP) is 3.02. The number of carbonyl (C=O) groups excluding carboxylic acids is 2. The highest BCUT2D eigenvalue weighted by Crippen LogP contribution is 2.34. The molecule has 0 saturated heterocycles. The molecule has 0 radical (unpaired) electrons. The van der Waals surface area contributed by atoms with Crippen LogP contribution in [0.15, 0.2) is 82.6 Å². The van der Waals surface area contributed by atoms with Crippen LogP contribution in [0.3, 0.4) is 0 Å². The summed E-state index contributed by atoms with van der Waals surface area (Å²) >= 11 is 0. The number of hydrogen-bond donors (Lipinski definition) is 2. The van der Waals surface area contributed by atoms with E-state index < -0.39 is 15.7 Å². The molecule has 0 aromatic heterocycles. The lowest BCUT2D eigenvalue weighted by Gasteiger charge is -2.10. The van der Waals surface area contributed by atoms with E-state index in [-0.39, 0.29) is 32.5 Å². The fourth-order valence-electron chi connectivity index (χ4n) is 3.08. The number of hydrogen-bond acceptors (Lipinski definition) is 4. The van der Waals surface area contributed by atoms with E-state index in [1.807, 2.05) is 30.3 Å². The number of rotatable bonds is 3. The molecule has 1 aliphatic heterocycles. The molecule has 7 heteroatoms. The maximum atomic E-state index is 13.0. The Morgan fingerprint density at radius 1 is 0.893 bits per heavy atom. The van der Waals surface area contributed by atoms with Gasteiger partial charge in [-0.3, -0.25) is 9.59 Å². The van der Waals surface area contributed by atoms with Crippen LogP contribution in [0.25, 0.3) is 0 Å². The quantitative estimate of drug-likeness (QED) is 0.717. The summed E-state index contributed by atoms with van der Waals surface area (Å²) in [4.78, 5) is 24.9. The first-order valence-electron chi connectivity index (χ1n) is 8.58. The Bertz CT molecular complexity index is 1190. The van der Waals surface area contributed by atoms with Gasteiger partial charge in [0.25, 0.3) is 11.8 Å². The van der Waals surface area contributed by atoms with Gasteiger partial charge >= 0.3 is 0 Å². The summed E-state index contributed by atoms with van der Waals surface area (Å²) in [6.45, 7) is 0.340. The Kier molecular flexibility index (Phi) is 4.44. The highest BCUT2D eigenvalue weighted by atomic mass is 32.2. The number of nitrogens with one attached hydrogen (secondary N) is 2. The molecule has 3 aromatic carbocycles. The topological polar surface area (TPSA) is 92.3 Å². The number of fused-ring (bicyclic) bond motifs is 2. The van der Waals surface area contributed by atoms with Crippen molar-refractivity contribution in [2.75, 3.05) is 5.32 Å². The van der Waals surface area contributed by atoms with Crippen molar-refractivity contribution in [3.63, 3.8) is 0 Å². The Morgan fingerprint density at radius 2 is 1.61 bits per heavy atom. The summed E-state index contributed by atoms with van der Waals surface area (Å²) in [6, 6.07) is 19.6. The minimum atomic E-state index is -3.88. The van der Waals surface area contributed by atoms with Gasteiger partial charge in [-0.1, -0.05) is 42.5 Å². The Labute approximate surface area is 162 Å². The molecule has 0 atom stereocenters. The minimum Gasteiger partial charge on any atom is -0.348 e. The zero-order chi connectivity index (χ0) is 19.7. The van der Waals surface area contributed by atoms with Crippen molar-refractivity contribution in [2.45, 2.75) is 16.3 Å². The minimum absolute atomic E-state index is 0.0367. The second kappa shape index (κ2) is 6.94. The molecule has 140 valence electrons. The molecule has 4 rings (SSSR count). The second-order valence-corrected chi connectivity index (χ2v) is 8.22. The van der Waals surface area contributed by atoms with Crippen LogP contribution in [-0.4, -0.2) is 20.2 Å². The first kappa shape index (κ1) is 17.9. The third kappa shape index (κ3) is 3.16. The lowest BCUT2D eigenvalue weighted by molar-refractivity contribution is 0.0949. The van der Waals surface area contributed by atoms with E-state index in [2.05, 4.69) is 10.6 Å². The molecule has 0 fully saturated rings. The van der Waals surface area contributed by atoms with Crippen LogP contribution >= 0.6 is 0 Å². The highest BCUT2D eigenvalue weighted by Gasteiger charge is 2.31. The number of anilines is 1. The molecule has 28 heavy (non-hydrogen) atoms. The average molecular weight is 392 g/mol. The Morgan fingerprint density at radius 3 is 2.39 bits per heavy atom. The van der Waals surface area contributed by atoms with Crippen molar-refractivity contribution >= 4 is 27.3 Å². The first-order chi connectivity index (χ1) is 13.5. The summed E-state index contributed by atoms with van der Waals surface area (Å²) in [5.74, 6) is -0.889. The van der Waals surface area contributed by atoms with Gasteiger partial charge in [0.05, 0.1) is 21.0 Å². The van der Waals surface area contributed by atoms with Crippen LogP contribution in [0.4, 0.5) is 5.69 Å². The molecular weight excluding hydrogens is 376 g/mol. The van der Waals surface area contributed by atoms with E-state index in [4.69, 9.17) is 0 Å². The zero-order valence-electron chi connectivity index (χ0n) is 14.7.